The van der Waals surface area contributed by atoms with E-state index >= 15 is 0 Å². The smallest absolute Gasteiger partial charge is 0.225 e. The summed E-state index contributed by atoms with van der Waals surface area (Å²) >= 11 is 0. The number of nitrogen functional groups attached to an aromatic ring is 1. The van der Waals surface area contributed by atoms with Gasteiger partial charge in [-0.3, -0.25) is 4.68 Å². The van der Waals surface area contributed by atoms with E-state index in [0.717, 1.165) is 35.2 Å². The molecule has 2 aromatic heterocycles. The van der Waals surface area contributed by atoms with E-state index in [2.05, 4.69) is 20.4 Å². The van der Waals surface area contributed by atoms with Crippen molar-refractivity contribution in [3.05, 3.63) is 24.3 Å². The van der Waals surface area contributed by atoms with Crippen LogP contribution in [0.4, 0.5) is 11.8 Å². The Balaban J connectivity index is 1.93. The maximum Gasteiger partial charge on any atom is 0.225 e. The topological polar surface area (TPSA) is 90.9 Å². The molecule has 0 radical (unpaired) electrons. The van der Waals surface area contributed by atoms with Crippen LogP contribution in [0.15, 0.2) is 24.3 Å². The van der Waals surface area contributed by atoms with E-state index in [-0.39, 0.29) is 0 Å². The van der Waals surface area contributed by atoms with E-state index in [4.69, 9.17) is 10.5 Å². The Bertz CT molecular complexity index is 884. The van der Waals surface area contributed by atoms with Crippen LogP contribution in [0.3, 0.4) is 0 Å². The maximum atomic E-state index is 6.18. The molecule has 1 fully saturated rings. The predicted molar refractivity (Wildman–Crippen MR) is 89.3 cm³/mol. The van der Waals surface area contributed by atoms with Gasteiger partial charge < -0.3 is 15.8 Å². The highest BCUT2D eigenvalue weighted by Crippen LogP contribution is 2.33. The third-order valence-corrected chi connectivity index (χ3v) is 3.99. The summed E-state index contributed by atoms with van der Waals surface area (Å²) in [5.74, 6) is 1.92. The standard InChI is InChI=1S/C16H18N6O/c1-22-14(17)12-13(9-4-3-5-11(8-9)23-2)19-16(18-10-6-7-10)20-15(12)21-22/h3-5,8,10H,6-7,17H2,1-2H3,(H,18,20,21). The maximum absolute atomic E-state index is 6.18. The van der Waals surface area contributed by atoms with E-state index in [1.807, 2.05) is 24.3 Å². The van der Waals surface area contributed by atoms with Crippen molar-refractivity contribution in [2.75, 3.05) is 18.2 Å². The minimum Gasteiger partial charge on any atom is -0.497 e. The lowest BCUT2D eigenvalue weighted by Crippen LogP contribution is -2.06. The van der Waals surface area contributed by atoms with Gasteiger partial charge in [0.1, 0.15) is 11.6 Å². The van der Waals surface area contributed by atoms with Crippen LogP contribution in [0.2, 0.25) is 0 Å². The largest absolute Gasteiger partial charge is 0.497 e. The van der Waals surface area contributed by atoms with Crippen molar-refractivity contribution in [3.8, 4) is 17.0 Å². The van der Waals surface area contributed by atoms with Crippen molar-refractivity contribution < 1.29 is 4.74 Å². The van der Waals surface area contributed by atoms with Crippen molar-refractivity contribution in [1.82, 2.24) is 19.7 Å². The van der Waals surface area contributed by atoms with Crippen LogP contribution < -0.4 is 15.8 Å². The fraction of sp³-hybridized carbons (Fsp3) is 0.312. The molecule has 7 heteroatoms. The van der Waals surface area contributed by atoms with Crippen LogP contribution in [-0.2, 0) is 7.05 Å². The number of aromatic nitrogens is 4. The van der Waals surface area contributed by atoms with Crippen LogP contribution in [0, 0.1) is 0 Å². The molecule has 23 heavy (non-hydrogen) atoms. The predicted octanol–water partition coefficient (Wildman–Crippen LogP) is 2.20. The molecule has 0 spiro atoms. The number of anilines is 2. The summed E-state index contributed by atoms with van der Waals surface area (Å²) in [7, 11) is 3.45. The molecule has 3 N–H and O–H groups in total. The van der Waals surface area contributed by atoms with Gasteiger partial charge in [-0.05, 0) is 25.0 Å². The van der Waals surface area contributed by atoms with Gasteiger partial charge in [-0.1, -0.05) is 12.1 Å². The molecular formula is C16H18N6O. The van der Waals surface area contributed by atoms with Crippen LogP contribution >= 0.6 is 0 Å². The second-order valence-electron chi connectivity index (χ2n) is 5.75. The summed E-state index contributed by atoms with van der Waals surface area (Å²) < 4.78 is 6.95. The van der Waals surface area contributed by atoms with Crippen molar-refractivity contribution in [2.45, 2.75) is 18.9 Å². The number of nitrogens with one attached hydrogen (secondary N) is 1. The highest BCUT2D eigenvalue weighted by molar-refractivity contribution is 5.99. The van der Waals surface area contributed by atoms with Gasteiger partial charge in [-0.2, -0.15) is 10.1 Å². The number of methoxy groups -OCH3 is 1. The van der Waals surface area contributed by atoms with E-state index in [0.29, 0.717) is 23.5 Å². The SMILES string of the molecule is COc1cccc(-c2nc(NC3CC3)nc3nn(C)c(N)c23)c1. The zero-order chi connectivity index (χ0) is 16.0. The Labute approximate surface area is 133 Å². The fourth-order valence-corrected chi connectivity index (χ4v) is 2.57. The molecule has 2 heterocycles. The van der Waals surface area contributed by atoms with Gasteiger partial charge in [-0.15, -0.1) is 0 Å². The summed E-state index contributed by atoms with van der Waals surface area (Å²) in [5.41, 5.74) is 8.47. The van der Waals surface area contributed by atoms with Crippen molar-refractivity contribution >= 4 is 22.8 Å². The first-order valence-corrected chi connectivity index (χ1v) is 7.57. The normalized spacial score (nSPS) is 14.2. The van der Waals surface area contributed by atoms with Crippen molar-refractivity contribution in [2.24, 2.45) is 7.05 Å². The minimum absolute atomic E-state index is 0.465. The molecule has 118 valence electrons. The number of nitrogens with two attached hydrogens (primary N) is 1. The van der Waals surface area contributed by atoms with Gasteiger partial charge in [0.2, 0.25) is 5.95 Å². The average molecular weight is 310 g/mol. The number of fused-ring (bicyclic) bond motifs is 1. The van der Waals surface area contributed by atoms with Crippen LogP contribution in [0.1, 0.15) is 12.8 Å². The quantitative estimate of drug-likeness (QED) is 0.767. The molecule has 0 atom stereocenters. The first-order valence-electron chi connectivity index (χ1n) is 7.57. The molecule has 0 bridgehead atoms. The zero-order valence-corrected chi connectivity index (χ0v) is 13.1. The summed E-state index contributed by atoms with van der Waals surface area (Å²) in [4.78, 5) is 9.19. The van der Waals surface area contributed by atoms with E-state index in [1.165, 1.54) is 0 Å². The average Bonchev–Trinajstić information content (AvgIpc) is 3.32. The van der Waals surface area contributed by atoms with Crippen molar-refractivity contribution in [3.63, 3.8) is 0 Å². The summed E-state index contributed by atoms with van der Waals surface area (Å²) in [6.07, 6.45) is 2.31. The third-order valence-electron chi connectivity index (χ3n) is 3.99. The summed E-state index contributed by atoms with van der Waals surface area (Å²) in [5, 5.41) is 8.50. The molecule has 0 saturated heterocycles. The highest BCUT2D eigenvalue weighted by atomic mass is 16.5. The molecule has 1 aromatic carbocycles. The lowest BCUT2D eigenvalue weighted by molar-refractivity contribution is 0.415. The fourth-order valence-electron chi connectivity index (χ4n) is 2.57. The summed E-state index contributed by atoms with van der Waals surface area (Å²) in [6, 6.07) is 8.22. The zero-order valence-electron chi connectivity index (χ0n) is 13.1. The number of ether oxygens (including phenoxy) is 1. The van der Waals surface area contributed by atoms with Gasteiger partial charge >= 0.3 is 0 Å². The van der Waals surface area contributed by atoms with E-state index in [9.17, 15) is 0 Å². The molecular weight excluding hydrogens is 292 g/mol. The van der Waals surface area contributed by atoms with Crippen LogP contribution in [0.25, 0.3) is 22.3 Å². The van der Waals surface area contributed by atoms with E-state index < -0.39 is 0 Å². The van der Waals surface area contributed by atoms with Crippen LogP contribution in [0.5, 0.6) is 5.75 Å². The molecule has 4 rings (SSSR count). The molecule has 0 unspecified atom stereocenters. The number of nitrogens with zero attached hydrogens (tertiary/aromatic N) is 4. The molecule has 1 aliphatic rings. The number of hydrogen-bond donors (Lipinski definition) is 2. The number of rotatable bonds is 4. The lowest BCUT2D eigenvalue weighted by atomic mass is 10.1. The number of hydrogen-bond acceptors (Lipinski definition) is 6. The molecule has 7 nitrogen and oxygen atoms in total. The second kappa shape index (κ2) is 5.12. The first kappa shape index (κ1) is 13.8. The van der Waals surface area contributed by atoms with Gasteiger partial charge in [0.25, 0.3) is 0 Å². The Morgan fingerprint density at radius 2 is 2.13 bits per heavy atom. The molecule has 1 saturated carbocycles. The Morgan fingerprint density at radius 3 is 2.87 bits per heavy atom. The molecule has 0 amide bonds. The molecule has 3 aromatic rings. The monoisotopic (exact) mass is 310 g/mol. The first-order chi connectivity index (χ1) is 11.2. The molecule has 1 aliphatic carbocycles. The second-order valence-corrected chi connectivity index (χ2v) is 5.75. The van der Waals surface area contributed by atoms with Gasteiger partial charge in [-0.25, -0.2) is 4.98 Å². The van der Waals surface area contributed by atoms with E-state index in [1.54, 1.807) is 18.8 Å². The number of aryl methyl sites for hydroxylation is 1. The van der Waals surface area contributed by atoms with Gasteiger partial charge in [0.15, 0.2) is 5.65 Å². The molecule has 0 aliphatic heterocycles. The van der Waals surface area contributed by atoms with Crippen molar-refractivity contribution in [1.29, 1.82) is 0 Å². The Kier molecular flexibility index (Phi) is 3.07. The Hall–Kier alpha value is -2.83. The van der Waals surface area contributed by atoms with Gasteiger partial charge in [0, 0.05) is 18.7 Å². The summed E-state index contributed by atoms with van der Waals surface area (Å²) in [6.45, 7) is 0. The minimum atomic E-state index is 0.465. The number of benzene rings is 1. The Morgan fingerprint density at radius 1 is 1.30 bits per heavy atom. The third kappa shape index (κ3) is 2.44. The lowest BCUT2D eigenvalue weighted by Gasteiger charge is -2.09. The van der Waals surface area contributed by atoms with Crippen LogP contribution in [-0.4, -0.2) is 32.9 Å². The highest BCUT2D eigenvalue weighted by Gasteiger charge is 2.24. The van der Waals surface area contributed by atoms with Gasteiger partial charge in [0.05, 0.1) is 18.2 Å².